The maximum absolute atomic E-state index is 13.6. The number of benzene rings is 1. The summed E-state index contributed by atoms with van der Waals surface area (Å²) in [4.78, 5) is 2.31. The van der Waals surface area contributed by atoms with Crippen molar-refractivity contribution >= 4 is 5.69 Å². The van der Waals surface area contributed by atoms with Gasteiger partial charge in [-0.15, -0.1) is 0 Å². The van der Waals surface area contributed by atoms with Gasteiger partial charge in [0.2, 0.25) is 0 Å². The zero-order chi connectivity index (χ0) is 13.1. The number of nitrogens with zero attached hydrogens (tertiary/aromatic N) is 1. The molecule has 0 amide bonds. The summed E-state index contributed by atoms with van der Waals surface area (Å²) in [6, 6.07) is 4.58. The molecule has 0 aliphatic carbocycles. The van der Waals surface area contributed by atoms with E-state index in [1.807, 2.05) is 6.92 Å². The highest BCUT2D eigenvalue weighted by Crippen LogP contribution is 2.26. The van der Waals surface area contributed by atoms with Crippen molar-refractivity contribution < 1.29 is 9.13 Å². The number of rotatable bonds is 3. The molecule has 1 unspecified atom stereocenters. The highest BCUT2D eigenvalue weighted by atomic mass is 19.1. The molecule has 2 N–H and O–H groups in total. The Balaban J connectivity index is 1.96. The molecule has 0 spiro atoms. The van der Waals surface area contributed by atoms with Crippen molar-refractivity contribution in [3.05, 3.63) is 24.0 Å². The summed E-state index contributed by atoms with van der Waals surface area (Å²) in [5, 5.41) is 0. The van der Waals surface area contributed by atoms with E-state index < -0.39 is 0 Å². The number of hydrogen-bond donors (Lipinski definition) is 1. The predicted octanol–water partition coefficient (Wildman–Crippen LogP) is 2.52. The first-order valence-corrected chi connectivity index (χ1v) is 6.46. The van der Waals surface area contributed by atoms with Crippen molar-refractivity contribution in [2.75, 3.05) is 25.9 Å². The monoisotopic (exact) mass is 252 g/mol. The van der Waals surface area contributed by atoms with Crippen molar-refractivity contribution in [2.24, 2.45) is 5.92 Å². The van der Waals surface area contributed by atoms with Gasteiger partial charge in [-0.2, -0.15) is 0 Å². The average Bonchev–Trinajstić information content (AvgIpc) is 2.33. The Morgan fingerprint density at radius 1 is 1.39 bits per heavy atom. The van der Waals surface area contributed by atoms with Crippen LogP contribution in [0, 0.1) is 11.7 Å². The lowest BCUT2D eigenvalue weighted by atomic mass is 9.92. The predicted molar refractivity (Wildman–Crippen MR) is 71.1 cm³/mol. The molecule has 1 aromatic carbocycles. The molecule has 0 saturated carbocycles. The van der Waals surface area contributed by atoms with Gasteiger partial charge >= 0.3 is 0 Å². The van der Waals surface area contributed by atoms with Crippen LogP contribution < -0.4 is 10.5 Å². The molecule has 1 aliphatic heterocycles. The fourth-order valence-corrected chi connectivity index (χ4v) is 2.41. The van der Waals surface area contributed by atoms with Gasteiger partial charge in [-0.3, -0.25) is 0 Å². The normalized spacial score (nSPS) is 19.7. The molecule has 100 valence electrons. The summed E-state index contributed by atoms with van der Waals surface area (Å²) >= 11 is 0. The van der Waals surface area contributed by atoms with Gasteiger partial charge < -0.3 is 15.4 Å². The van der Waals surface area contributed by atoms with E-state index in [4.69, 9.17) is 10.5 Å². The lowest BCUT2D eigenvalue weighted by molar-refractivity contribution is 0.0944. The number of likely N-dealkylation sites (tertiary alicyclic amines) is 1. The number of piperidine rings is 1. The maximum atomic E-state index is 13.6. The Bertz CT molecular complexity index is 403. The number of nitrogen functional groups attached to an aromatic ring is 1. The Morgan fingerprint density at radius 2 is 2.06 bits per heavy atom. The van der Waals surface area contributed by atoms with Crippen LogP contribution in [0.5, 0.6) is 5.75 Å². The number of ether oxygens (including phenoxy) is 1. The topological polar surface area (TPSA) is 38.5 Å². The number of nitrogens with two attached hydrogens (primary N) is 1. The van der Waals surface area contributed by atoms with E-state index >= 15 is 0 Å². The smallest absolute Gasteiger partial charge is 0.167 e. The number of halogens is 1. The van der Waals surface area contributed by atoms with Crippen LogP contribution in [0.3, 0.4) is 0 Å². The van der Waals surface area contributed by atoms with Gasteiger partial charge in [0.15, 0.2) is 11.6 Å². The summed E-state index contributed by atoms with van der Waals surface area (Å²) in [6.07, 6.45) is 2.25. The van der Waals surface area contributed by atoms with Crippen molar-refractivity contribution in [3.8, 4) is 5.75 Å². The van der Waals surface area contributed by atoms with Crippen molar-refractivity contribution in [1.29, 1.82) is 0 Å². The lowest BCUT2D eigenvalue weighted by Crippen LogP contribution is -2.36. The first-order valence-electron chi connectivity index (χ1n) is 6.46. The standard InChI is InChI=1S/C14H21FN2O/c1-10(11-5-7-17(2)8-6-11)18-14-4-3-12(16)9-13(14)15/h3-4,9-11H,5-8,16H2,1-2H3. The van der Waals surface area contributed by atoms with Crippen LogP contribution in [0.4, 0.5) is 10.1 Å². The first-order chi connectivity index (χ1) is 8.56. The Labute approximate surface area is 108 Å². The van der Waals surface area contributed by atoms with Crippen LogP contribution in [0.1, 0.15) is 19.8 Å². The highest BCUT2D eigenvalue weighted by molar-refractivity contribution is 5.42. The van der Waals surface area contributed by atoms with Gasteiger partial charge in [0.25, 0.3) is 0 Å². The largest absolute Gasteiger partial charge is 0.487 e. The number of anilines is 1. The zero-order valence-corrected chi connectivity index (χ0v) is 11.0. The Kier molecular flexibility index (Phi) is 4.07. The van der Waals surface area contributed by atoms with Crippen molar-refractivity contribution in [1.82, 2.24) is 4.90 Å². The van der Waals surface area contributed by atoms with E-state index in [1.165, 1.54) is 6.07 Å². The van der Waals surface area contributed by atoms with Gasteiger partial charge in [-0.05, 0) is 58.0 Å². The lowest BCUT2D eigenvalue weighted by Gasteiger charge is -2.32. The second kappa shape index (κ2) is 5.57. The summed E-state index contributed by atoms with van der Waals surface area (Å²) in [5.41, 5.74) is 5.94. The third-order valence-corrected chi connectivity index (χ3v) is 3.70. The number of hydrogen-bond acceptors (Lipinski definition) is 3. The average molecular weight is 252 g/mol. The Morgan fingerprint density at radius 3 is 2.67 bits per heavy atom. The van der Waals surface area contributed by atoms with Crippen LogP contribution in [0.15, 0.2) is 18.2 Å². The fourth-order valence-electron chi connectivity index (χ4n) is 2.41. The molecule has 2 rings (SSSR count). The van der Waals surface area contributed by atoms with E-state index in [0.717, 1.165) is 25.9 Å². The van der Waals surface area contributed by atoms with E-state index in [1.54, 1.807) is 12.1 Å². The molecule has 4 heteroatoms. The van der Waals surface area contributed by atoms with Crippen LogP contribution in [-0.4, -0.2) is 31.1 Å². The summed E-state index contributed by atoms with van der Waals surface area (Å²) in [5.74, 6) is 0.420. The van der Waals surface area contributed by atoms with Crippen molar-refractivity contribution in [2.45, 2.75) is 25.9 Å². The summed E-state index contributed by atoms with van der Waals surface area (Å²) < 4.78 is 19.4. The van der Waals surface area contributed by atoms with E-state index in [2.05, 4.69) is 11.9 Å². The molecule has 1 aliphatic rings. The minimum Gasteiger partial charge on any atom is -0.487 e. The Hall–Kier alpha value is -1.29. The molecule has 1 fully saturated rings. The molecule has 0 radical (unpaired) electrons. The molecule has 1 heterocycles. The third kappa shape index (κ3) is 3.13. The van der Waals surface area contributed by atoms with Crippen LogP contribution >= 0.6 is 0 Å². The zero-order valence-electron chi connectivity index (χ0n) is 11.0. The maximum Gasteiger partial charge on any atom is 0.167 e. The van der Waals surface area contributed by atoms with Crippen LogP contribution in [-0.2, 0) is 0 Å². The molecule has 3 nitrogen and oxygen atoms in total. The minimum atomic E-state index is -0.380. The molecule has 18 heavy (non-hydrogen) atoms. The van der Waals surface area contributed by atoms with Gasteiger partial charge in [-0.1, -0.05) is 0 Å². The van der Waals surface area contributed by atoms with Gasteiger partial charge in [-0.25, -0.2) is 4.39 Å². The first kappa shape index (κ1) is 13.1. The van der Waals surface area contributed by atoms with E-state index in [9.17, 15) is 4.39 Å². The minimum absolute atomic E-state index is 0.0387. The second-order valence-electron chi connectivity index (χ2n) is 5.15. The molecule has 0 bridgehead atoms. The molecule has 0 aromatic heterocycles. The highest BCUT2D eigenvalue weighted by Gasteiger charge is 2.24. The molecule has 1 atom stereocenters. The second-order valence-corrected chi connectivity index (χ2v) is 5.15. The van der Waals surface area contributed by atoms with Gasteiger partial charge in [0.1, 0.15) is 0 Å². The van der Waals surface area contributed by atoms with E-state index in [0.29, 0.717) is 17.4 Å². The van der Waals surface area contributed by atoms with Crippen LogP contribution in [0.25, 0.3) is 0 Å². The fraction of sp³-hybridized carbons (Fsp3) is 0.571. The SMILES string of the molecule is CC(Oc1ccc(N)cc1F)C1CCN(C)CC1. The van der Waals surface area contributed by atoms with Crippen LogP contribution in [0.2, 0.25) is 0 Å². The van der Waals surface area contributed by atoms with Gasteiger partial charge in [0, 0.05) is 11.8 Å². The molecular weight excluding hydrogens is 231 g/mol. The van der Waals surface area contributed by atoms with E-state index in [-0.39, 0.29) is 11.9 Å². The summed E-state index contributed by atoms with van der Waals surface area (Å²) in [6.45, 7) is 4.19. The quantitative estimate of drug-likeness (QED) is 0.840. The van der Waals surface area contributed by atoms with Crippen molar-refractivity contribution in [3.63, 3.8) is 0 Å². The molecular formula is C14H21FN2O. The third-order valence-electron chi connectivity index (χ3n) is 3.70. The molecule has 1 saturated heterocycles. The van der Waals surface area contributed by atoms with Gasteiger partial charge in [0.05, 0.1) is 6.10 Å². The molecule has 1 aromatic rings. The summed E-state index contributed by atoms with van der Waals surface area (Å²) in [7, 11) is 2.13.